The molecule has 0 bridgehead atoms. The first-order chi connectivity index (χ1) is 10.1. The maximum absolute atomic E-state index is 6.20. The third kappa shape index (κ3) is 4.11. The molecule has 2 aromatic rings. The average molecular weight is 287 g/mol. The molecule has 1 aromatic heterocycles. The van der Waals surface area contributed by atoms with Crippen molar-refractivity contribution in [3.05, 3.63) is 53.5 Å². The quantitative estimate of drug-likeness (QED) is 0.821. The minimum absolute atomic E-state index is 0.0918. The van der Waals surface area contributed by atoms with E-state index in [4.69, 9.17) is 14.9 Å². The zero-order valence-electron chi connectivity index (χ0n) is 13.1. The monoisotopic (exact) mass is 287 g/mol. The van der Waals surface area contributed by atoms with Crippen molar-refractivity contribution in [1.29, 1.82) is 0 Å². The molecule has 2 N–H and O–H groups in total. The molecule has 2 unspecified atom stereocenters. The minimum Gasteiger partial charge on any atom is -0.481 e. The molecular formula is C18H25NO2. The van der Waals surface area contributed by atoms with Crippen molar-refractivity contribution in [2.24, 2.45) is 5.73 Å². The topological polar surface area (TPSA) is 48.4 Å². The van der Waals surface area contributed by atoms with E-state index in [-0.39, 0.29) is 12.1 Å². The van der Waals surface area contributed by atoms with Crippen LogP contribution in [0.15, 0.2) is 40.8 Å². The average Bonchev–Trinajstić information content (AvgIpc) is 2.92. The van der Waals surface area contributed by atoms with Gasteiger partial charge in [0.05, 0.1) is 0 Å². The Balaban J connectivity index is 2.15. The van der Waals surface area contributed by atoms with Gasteiger partial charge in [-0.15, -0.1) is 0 Å². The Bertz CT molecular complexity index is 545. The van der Waals surface area contributed by atoms with E-state index in [2.05, 4.69) is 26.0 Å². The SMILES string of the molecule is CCCc1ccc(OC(c2ccc(C)o2)C(N)CC)cc1. The van der Waals surface area contributed by atoms with Gasteiger partial charge in [-0.3, -0.25) is 0 Å². The van der Waals surface area contributed by atoms with Gasteiger partial charge in [0, 0.05) is 6.04 Å². The lowest BCUT2D eigenvalue weighted by Gasteiger charge is -2.22. The molecule has 2 rings (SSSR count). The van der Waals surface area contributed by atoms with Crippen molar-refractivity contribution >= 4 is 0 Å². The summed E-state index contributed by atoms with van der Waals surface area (Å²) in [6.45, 7) is 6.17. The maximum Gasteiger partial charge on any atom is 0.171 e. The molecule has 0 saturated carbocycles. The number of aryl methyl sites for hydroxylation is 2. The number of benzene rings is 1. The van der Waals surface area contributed by atoms with Crippen LogP contribution >= 0.6 is 0 Å². The van der Waals surface area contributed by atoms with Crippen LogP contribution in [0.1, 0.15) is 49.9 Å². The van der Waals surface area contributed by atoms with Crippen molar-refractivity contribution in [2.45, 2.75) is 52.2 Å². The van der Waals surface area contributed by atoms with Crippen molar-refractivity contribution in [2.75, 3.05) is 0 Å². The van der Waals surface area contributed by atoms with Crippen LogP contribution < -0.4 is 10.5 Å². The van der Waals surface area contributed by atoms with E-state index >= 15 is 0 Å². The van der Waals surface area contributed by atoms with Crippen molar-refractivity contribution in [3.63, 3.8) is 0 Å². The van der Waals surface area contributed by atoms with Crippen molar-refractivity contribution in [1.82, 2.24) is 0 Å². The predicted molar refractivity (Wildman–Crippen MR) is 85.5 cm³/mol. The summed E-state index contributed by atoms with van der Waals surface area (Å²) in [5, 5.41) is 0. The van der Waals surface area contributed by atoms with E-state index in [1.54, 1.807) is 0 Å². The highest BCUT2D eigenvalue weighted by atomic mass is 16.5. The minimum atomic E-state index is -0.249. The van der Waals surface area contributed by atoms with Gasteiger partial charge in [-0.25, -0.2) is 0 Å². The zero-order valence-corrected chi connectivity index (χ0v) is 13.1. The molecule has 114 valence electrons. The molecule has 0 fully saturated rings. The van der Waals surface area contributed by atoms with E-state index < -0.39 is 0 Å². The third-order valence-electron chi connectivity index (χ3n) is 3.63. The largest absolute Gasteiger partial charge is 0.481 e. The summed E-state index contributed by atoms with van der Waals surface area (Å²) in [4.78, 5) is 0. The van der Waals surface area contributed by atoms with Gasteiger partial charge in [0.25, 0.3) is 0 Å². The standard InChI is InChI=1S/C18H25NO2/c1-4-6-14-8-10-15(11-9-14)21-18(16(19)5-2)17-12-7-13(3)20-17/h7-12,16,18H,4-6,19H2,1-3H3. The predicted octanol–water partition coefficient (Wildman–Crippen LogP) is 4.40. The van der Waals surface area contributed by atoms with Crippen molar-refractivity contribution < 1.29 is 9.15 Å². The number of ether oxygens (including phenoxy) is 1. The van der Waals surface area contributed by atoms with Crippen LogP contribution in [0.3, 0.4) is 0 Å². The highest BCUT2D eigenvalue weighted by Crippen LogP contribution is 2.27. The molecule has 0 radical (unpaired) electrons. The first-order valence-electron chi connectivity index (χ1n) is 7.71. The molecule has 21 heavy (non-hydrogen) atoms. The summed E-state index contributed by atoms with van der Waals surface area (Å²) < 4.78 is 11.8. The van der Waals surface area contributed by atoms with Gasteiger partial charge in [-0.05, 0) is 49.6 Å². The van der Waals surface area contributed by atoms with Gasteiger partial charge in [-0.1, -0.05) is 32.4 Å². The Morgan fingerprint density at radius 2 is 1.81 bits per heavy atom. The highest BCUT2D eigenvalue weighted by molar-refractivity contribution is 5.28. The summed E-state index contributed by atoms with van der Waals surface area (Å²) in [5.74, 6) is 2.50. The second-order valence-electron chi connectivity index (χ2n) is 5.45. The molecule has 2 atom stereocenters. The summed E-state index contributed by atoms with van der Waals surface area (Å²) in [7, 11) is 0. The summed E-state index contributed by atoms with van der Waals surface area (Å²) in [6.07, 6.45) is 2.82. The van der Waals surface area contributed by atoms with Crippen LogP contribution in [-0.4, -0.2) is 6.04 Å². The van der Waals surface area contributed by atoms with E-state index in [0.717, 1.165) is 36.5 Å². The number of furan rings is 1. The molecule has 1 heterocycles. The van der Waals surface area contributed by atoms with Crippen LogP contribution in [0.2, 0.25) is 0 Å². The normalized spacial score (nSPS) is 13.9. The molecule has 0 spiro atoms. The second-order valence-corrected chi connectivity index (χ2v) is 5.45. The number of rotatable bonds is 7. The van der Waals surface area contributed by atoms with Crippen molar-refractivity contribution in [3.8, 4) is 5.75 Å². The molecule has 0 aliphatic carbocycles. The molecule has 3 heteroatoms. The molecule has 0 saturated heterocycles. The fourth-order valence-electron chi connectivity index (χ4n) is 2.35. The van der Waals surface area contributed by atoms with Crippen LogP contribution in [0, 0.1) is 6.92 Å². The lowest BCUT2D eigenvalue weighted by molar-refractivity contribution is 0.143. The molecule has 0 aliphatic heterocycles. The Kier molecular flexibility index (Phi) is 5.45. The van der Waals surface area contributed by atoms with E-state index in [0.29, 0.717) is 0 Å². The second kappa shape index (κ2) is 7.32. The fraction of sp³-hybridized carbons (Fsp3) is 0.444. The smallest absolute Gasteiger partial charge is 0.171 e. The van der Waals surface area contributed by atoms with E-state index in [1.807, 2.05) is 31.2 Å². The zero-order chi connectivity index (χ0) is 15.2. The number of nitrogens with two attached hydrogens (primary N) is 1. The third-order valence-corrected chi connectivity index (χ3v) is 3.63. The van der Waals surface area contributed by atoms with Gasteiger partial charge >= 0.3 is 0 Å². The van der Waals surface area contributed by atoms with E-state index in [1.165, 1.54) is 5.56 Å². The van der Waals surface area contributed by atoms with Gasteiger partial charge in [0.2, 0.25) is 0 Å². The molecule has 0 amide bonds. The first-order valence-corrected chi connectivity index (χ1v) is 7.71. The summed E-state index contributed by atoms with van der Waals surface area (Å²) >= 11 is 0. The Morgan fingerprint density at radius 1 is 1.10 bits per heavy atom. The Morgan fingerprint density at radius 3 is 2.33 bits per heavy atom. The van der Waals surface area contributed by atoms with E-state index in [9.17, 15) is 0 Å². The van der Waals surface area contributed by atoms with Gasteiger partial charge in [0.15, 0.2) is 6.10 Å². The molecule has 1 aromatic carbocycles. The van der Waals surface area contributed by atoms with Gasteiger partial charge < -0.3 is 14.9 Å². The Hall–Kier alpha value is -1.74. The molecular weight excluding hydrogens is 262 g/mol. The van der Waals surface area contributed by atoms with Gasteiger partial charge in [-0.2, -0.15) is 0 Å². The molecule has 0 aliphatic rings. The summed E-state index contributed by atoms with van der Waals surface area (Å²) in [6, 6.07) is 12.0. The fourth-order valence-corrected chi connectivity index (χ4v) is 2.35. The maximum atomic E-state index is 6.20. The van der Waals surface area contributed by atoms with Gasteiger partial charge in [0.1, 0.15) is 17.3 Å². The van der Waals surface area contributed by atoms with Crippen LogP contribution in [-0.2, 0) is 6.42 Å². The first kappa shape index (κ1) is 15.6. The number of hydrogen-bond donors (Lipinski definition) is 1. The van der Waals surface area contributed by atoms with Crippen LogP contribution in [0.5, 0.6) is 5.75 Å². The Labute approximate surface area is 127 Å². The van der Waals surface area contributed by atoms with Crippen LogP contribution in [0.25, 0.3) is 0 Å². The number of hydrogen-bond acceptors (Lipinski definition) is 3. The lowest BCUT2D eigenvalue weighted by atomic mass is 10.1. The lowest BCUT2D eigenvalue weighted by Crippen LogP contribution is -2.31. The van der Waals surface area contributed by atoms with Crippen LogP contribution in [0.4, 0.5) is 0 Å². The summed E-state index contributed by atoms with van der Waals surface area (Å²) in [5.41, 5.74) is 7.53. The highest BCUT2D eigenvalue weighted by Gasteiger charge is 2.23. The molecule has 3 nitrogen and oxygen atoms in total.